The average molecular weight is 572 g/mol. The summed E-state index contributed by atoms with van der Waals surface area (Å²) >= 11 is 2.27. The molecule has 3 aromatic carbocycles. The average Bonchev–Trinajstić information content (AvgIpc) is 3.45. The minimum Gasteiger partial charge on any atom is -0.487 e. The number of nitrogens with two attached hydrogens (primary N) is 1. The van der Waals surface area contributed by atoms with Crippen molar-refractivity contribution >= 4 is 51.9 Å². The van der Waals surface area contributed by atoms with Crippen LogP contribution < -0.4 is 10.5 Å². The third-order valence-electron chi connectivity index (χ3n) is 4.94. The molecule has 0 fully saturated rings. The number of hydrogen-bond donors (Lipinski definition) is 3. The summed E-state index contributed by atoms with van der Waals surface area (Å²) in [5, 5.41) is 15.9. The fourth-order valence-corrected chi connectivity index (χ4v) is 3.62. The fourth-order valence-electron chi connectivity index (χ4n) is 3.26. The largest absolute Gasteiger partial charge is 0.487 e. The Balaban J connectivity index is 0.00000259. The van der Waals surface area contributed by atoms with Crippen molar-refractivity contribution in [1.82, 2.24) is 25.0 Å². The predicted molar refractivity (Wildman–Crippen MR) is 138 cm³/mol. The highest BCUT2D eigenvalue weighted by atomic mass is 127. The molecule has 2 aromatic heterocycles. The summed E-state index contributed by atoms with van der Waals surface area (Å²) in [6, 6.07) is 21.2. The molecule has 0 saturated heterocycles. The van der Waals surface area contributed by atoms with E-state index in [-0.39, 0.29) is 18.2 Å². The Morgan fingerprint density at radius 2 is 1.82 bits per heavy atom. The second kappa shape index (κ2) is 9.59. The van der Waals surface area contributed by atoms with Crippen LogP contribution in [0.15, 0.2) is 72.9 Å². The molecule has 0 spiro atoms. The molecule has 2 heterocycles. The molecule has 166 valence electrons. The van der Waals surface area contributed by atoms with Crippen molar-refractivity contribution in [3.8, 4) is 22.8 Å². The molecule has 0 bridgehead atoms. The van der Waals surface area contributed by atoms with Gasteiger partial charge in [-0.2, -0.15) is 0 Å². The number of nitrogens with zero attached hydrogens (tertiary/aromatic N) is 4. The fraction of sp³-hybridized carbons (Fsp3) is 0.0435. The Labute approximate surface area is 209 Å². The lowest BCUT2D eigenvalue weighted by Crippen LogP contribution is -2.10. The van der Waals surface area contributed by atoms with Gasteiger partial charge in [0, 0.05) is 14.7 Å². The van der Waals surface area contributed by atoms with E-state index < -0.39 is 0 Å². The van der Waals surface area contributed by atoms with Gasteiger partial charge in [0.2, 0.25) is 0 Å². The molecule has 5 rings (SSSR count). The highest BCUT2D eigenvalue weighted by molar-refractivity contribution is 14.1. The van der Waals surface area contributed by atoms with Crippen LogP contribution >= 0.6 is 35.0 Å². The molecule has 0 aliphatic heterocycles. The van der Waals surface area contributed by atoms with Gasteiger partial charge in [0.15, 0.2) is 0 Å². The van der Waals surface area contributed by atoms with Gasteiger partial charge in [-0.15, -0.1) is 17.5 Å². The van der Waals surface area contributed by atoms with Crippen molar-refractivity contribution in [2.45, 2.75) is 6.61 Å². The maximum Gasteiger partial charge on any atom is 0.138 e. The molecule has 33 heavy (non-hydrogen) atoms. The highest BCUT2D eigenvalue weighted by Gasteiger charge is 2.08. The summed E-state index contributed by atoms with van der Waals surface area (Å²) in [5.74, 6) is 1.50. The number of nitrogen functional groups attached to an aromatic ring is 1. The summed E-state index contributed by atoms with van der Waals surface area (Å²) in [5.41, 5.74) is 10.5. The minimum atomic E-state index is 0. The van der Waals surface area contributed by atoms with Gasteiger partial charge in [-0.25, -0.2) is 9.67 Å². The first-order valence-electron chi connectivity index (χ1n) is 9.80. The van der Waals surface area contributed by atoms with E-state index in [0.29, 0.717) is 12.2 Å². The topological polar surface area (TPSA) is 118 Å². The molecule has 0 saturated carbocycles. The van der Waals surface area contributed by atoms with Crippen LogP contribution in [0.4, 0.5) is 0 Å². The Bertz CT molecular complexity index is 1410. The normalized spacial score (nSPS) is 10.7. The van der Waals surface area contributed by atoms with Gasteiger partial charge < -0.3 is 15.5 Å². The number of imidazole rings is 1. The molecular weight excluding hydrogens is 553 g/mol. The summed E-state index contributed by atoms with van der Waals surface area (Å²) in [4.78, 5) is 7.89. The van der Waals surface area contributed by atoms with Gasteiger partial charge in [0.1, 0.15) is 29.7 Å². The third kappa shape index (κ3) is 4.99. The lowest BCUT2D eigenvalue weighted by Gasteiger charge is -2.04. The van der Waals surface area contributed by atoms with Crippen molar-refractivity contribution in [1.29, 1.82) is 5.41 Å². The zero-order valence-corrected chi connectivity index (χ0v) is 20.2. The number of fused-ring (bicyclic) bond motifs is 1. The predicted octanol–water partition coefficient (Wildman–Crippen LogP) is 4.70. The lowest BCUT2D eigenvalue weighted by atomic mass is 10.2. The first-order chi connectivity index (χ1) is 15.5. The molecule has 0 aliphatic carbocycles. The zero-order chi connectivity index (χ0) is 22.1. The van der Waals surface area contributed by atoms with Crippen LogP contribution in [0.2, 0.25) is 0 Å². The van der Waals surface area contributed by atoms with Crippen LogP contribution in [-0.2, 0) is 6.61 Å². The zero-order valence-electron chi connectivity index (χ0n) is 17.2. The molecule has 4 N–H and O–H groups in total. The van der Waals surface area contributed by atoms with Crippen molar-refractivity contribution in [2.24, 2.45) is 5.73 Å². The highest BCUT2D eigenvalue weighted by Crippen LogP contribution is 2.24. The van der Waals surface area contributed by atoms with Crippen LogP contribution in [0, 0.1) is 8.98 Å². The molecule has 0 unspecified atom stereocenters. The van der Waals surface area contributed by atoms with E-state index in [1.54, 1.807) is 10.7 Å². The number of rotatable bonds is 6. The molecule has 8 nitrogen and oxygen atoms in total. The maximum absolute atomic E-state index is 7.58. The third-order valence-corrected chi connectivity index (χ3v) is 5.66. The number of ether oxygens (including phenoxy) is 1. The van der Waals surface area contributed by atoms with Gasteiger partial charge in [-0.05, 0) is 89.3 Å². The SMILES string of the molecule is Cl.N=C(N)c1ccc2nc(-c3ccc(OCc4cn(-c5ccc(I)cc5)nn4)cc3)[nH]c2c1. The standard InChI is InChI=1S/C23H18IN7O.ClH/c24-16-4-6-18(7-5-16)31-12-17(29-30-31)13-32-19-8-1-14(2-9-19)23-27-20-10-3-15(22(25)26)11-21(20)28-23;/h1-12H,13H2,(H3,25,26)(H,27,28);1H. The van der Waals surface area contributed by atoms with E-state index in [4.69, 9.17) is 15.9 Å². The van der Waals surface area contributed by atoms with Crippen LogP contribution in [0.3, 0.4) is 0 Å². The quantitative estimate of drug-likeness (QED) is 0.155. The van der Waals surface area contributed by atoms with Gasteiger partial charge in [0.05, 0.1) is 22.9 Å². The number of H-pyrrole nitrogens is 1. The monoisotopic (exact) mass is 571 g/mol. The van der Waals surface area contributed by atoms with E-state index in [2.05, 4.69) is 42.9 Å². The maximum atomic E-state index is 7.58. The number of amidine groups is 1. The number of aromatic amines is 1. The van der Waals surface area contributed by atoms with E-state index in [1.165, 1.54) is 3.57 Å². The van der Waals surface area contributed by atoms with Crippen molar-refractivity contribution in [3.05, 3.63) is 87.8 Å². The second-order valence-electron chi connectivity index (χ2n) is 7.17. The molecule has 0 atom stereocenters. The number of aromatic nitrogens is 5. The Morgan fingerprint density at radius 3 is 2.55 bits per heavy atom. The first kappa shape index (κ1) is 22.7. The van der Waals surface area contributed by atoms with Gasteiger partial charge in [-0.3, -0.25) is 5.41 Å². The molecular formula is C23H19ClIN7O. The van der Waals surface area contributed by atoms with Crippen LogP contribution in [0.1, 0.15) is 11.3 Å². The minimum absolute atomic E-state index is 0. The van der Waals surface area contributed by atoms with E-state index in [1.807, 2.05) is 66.9 Å². The summed E-state index contributed by atoms with van der Waals surface area (Å²) in [6.45, 7) is 0.322. The van der Waals surface area contributed by atoms with E-state index in [9.17, 15) is 0 Å². The summed E-state index contributed by atoms with van der Waals surface area (Å²) in [7, 11) is 0. The number of hydrogen-bond acceptors (Lipinski definition) is 5. The number of benzene rings is 3. The Morgan fingerprint density at radius 1 is 1.06 bits per heavy atom. The summed E-state index contributed by atoms with van der Waals surface area (Å²) < 4.78 is 8.77. The summed E-state index contributed by atoms with van der Waals surface area (Å²) in [6.07, 6.45) is 1.86. The Hall–Kier alpha value is -3.44. The van der Waals surface area contributed by atoms with Gasteiger partial charge in [0.25, 0.3) is 0 Å². The second-order valence-corrected chi connectivity index (χ2v) is 8.42. The van der Waals surface area contributed by atoms with Crippen molar-refractivity contribution in [2.75, 3.05) is 0 Å². The van der Waals surface area contributed by atoms with Crippen LogP contribution in [0.25, 0.3) is 28.1 Å². The first-order valence-corrected chi connectivity index (χ1v) is 10.9. The van der Waals surface area contributed by atoms with E-state index in [0.717, 1.165) is 39.6 Å². The molecule has 0 aliphatic rings. The van der Waals surface area contributed by atoms with Crippen molar-refractivity contribution in [3.63, 3.8) is 0 Å². The Kier molecular flexibility index (Phi) is 6.61. The smallest absolute Gasteiger partial charge is 0.138 e. The van der Waals surface area contributed by atoms with Crippen LogP contribution in [0.5, 0.6) is 5.75 Å². The van der Waals surface area contributed by atoms with Crippen LogP contribution in [-0.4, -0.2) is 30.8 Å². The molecule has 5 aromatic rings. The number of nitrogens with one attached hydrogen (secondary N) is 2. The number of halogens is 2. The van der Waals surface area contributed by atoms with E-state index >= 15 is 0 Å². The van der Waals surface area contributed by atoms with Crippen molar-refractivity contribution < 1.29 is 4.74 Å². The molecule has 10 heteroatoms. The molecule has 0 radical (unpaired) electrons. The van der Waals surface area contributed by atoms with Gasteiger partial charge >= 0.3 is 0 Å². The lowest BCUT2D eigenvalue weighted by molar-refractivity contribution is 0.301. The molecule has 0 amide bonds. The van der Waals surface area contributed by atoms with Gasteiger partial charge in [-0.1, -0.05) is 5.21 Å².